The molecule has 0 spiro atoms. The van der Waals surface area contributed by atoms with Gasteiger partial charge in [0, 0.05) is 24.1 Å². The summed E-state index contributed by atoms with van der Waals surface area (Å²) in [6.45, 7) is 7.74. The van der Waals surface area contributed by atoms with E-state index in [2.05, 4.69) is 39.8 Å². The molecular formula is C10H24N2S. The maximum atomic E-state index is 6.03. The number of hydrogen-bond acceptors (Lipinski definition) is 3. The Morgan fingerprint density at radius 3 is 2.23 bits per heavy atom. The van der Waals surface area contributed by atoms with Crippen LogP contribution in [0.2, 0.25) is 0 Å². The van der Waals surface area contributed by atoms with Crippen molar-refractivity contribution in [2.75, 3.05) is 32.1 Å². The predicted octanol–water partition coefficient (Wildman–Crippen LogP) is 1.65. The van der Waals surface area contributed by atoms with E-state index in [9.17, 15) is 0 Å². The zero-order chi connectivity index (χ0) is 10.5. The summed E-state index contributed by atoms with van der Waals surface area (Å²) in [6.07, 6.45) is 0. The Hall–Kier alpha value is 0.270. The third-order valence-electron chi connectivity index (χ3n) is 2.09. The summed E-state index contributed by atoms with van der Waals surface area (Å²) in [4.78, 5) is 2.20. The Morgan fingerprint density at radius 1 is 1.31 bits per heavy atom. The van der Waals surface area contributed by atoms with Crippen molar-refractivity contribution in [3.8, 4) is 0 Å². The molecule has 0 saturated heterocycles. The first-order valence-corrected chi connectivity index (χ1v) is 5.97. The molecule has 0 aromatic carbocycles. The van der Waals surface area contributed by atoms with Crippen molar-refractivity contribution in [3.63, 3.8) is 0 Å². The van der Waals surface area contributed by atoms with Crippen molar-refractivity contribution in [2.45, 2.75) is 26.8 Å². The first kappa shape index (κ1) is 13.3. The van der Waals surface area contributed by atoms with Crippen LogP contribution in [0, 0.1) is 5.41 Å². The van der Waals surface area contributed by atoms with Crippen LogP contribution < -0.4 is 5.73 Å². The fourth-order valence-electron chi connectivity index (χ4n) is 0.707. The lowest BCUT2D eigenvalue weighted by Gasteiger charge is -2.26. The highest BCUT2D eigenvalue weighted by atomic mass is 32.2. The van der Waals surface area contributed by atoms with Gasteiger partial charge in [-0.3, -0.25) is 0 Å². The number of hydrogen-bond donors (Lipinski definition) is 1. The predicted molar refractivity (Wildman–Crippen MR) is 63.3 cm³/mol. The van der Waals surface area contributed by atoms with Crippen molar-refractivity contribution in [1.29, 1.82) is 0 Å². The van der Waals surface area contributed by atoms with E-state index in [1.807, 2.05) is 11.8 Å². The van der Waals surface area contributed by atoms with Crippen LogP contribution in [0.1, 0.15) is 20.8 Å². The third kappa shape index (κ3) is 7.35. The van der Waals surface area contributed by atoms with Gasteiger partial charge in [-0.1, -0.05) is 20.8 Å². The molecule has 80 valence electrons. The van der Waals surface area contributed by atoms with Gasteiger partial charge < -0.3 is 10.6 Å². The van der Waals surface area contributed by atoms with E-state index in [1.54, 1.807) is 0 Å². The molecule has 2 N–H and O–H groups in total. The molecule has 13 heavy (non-hydrogen) atoms. The molecule has 1 unspecified atom stereocenters. The smallest absolute Gasteiger partial charge is 0.0179 e. The highest BCUT2D eigenvalue weighted by Crippen LogP contribution is 2.20. The first-order chi connectivity index (χ1) is 5.84. The Kier molecular flexibility index (Phi) is 6.01. The van der Waals surface area contributed by atoms with E-state index in [-0.39, 0.29) is 5.41 Å². The van der Waals surface area contributed by atoms with Crippen molar-refractivity contribution in [1.82, 2.24) is 4.90 Å². The normalized spacial score (nSPS) is 15.0. The largest absolute Gasteiger partial charge is 0.326 e. The minimum Gasteiger partial charge on any atom is -0.326 e. The molecule has 0 bridgehead atoms. The summed E-state index contributed by atoms with van der Waals surface area (Å²) in [6, 6.07) is 0.305. The topological polar surface area (TPSA) is 29.3 Å². The van der Waals surface area contributed by atoms with E-state index in [0.29, 0.717) is 6.04 Å². The van der Waals surface area contributed by atoms with E-state index < -0.39 is 0 Å². The number of nitrogens with two attached hydrogens (primary N) is 1. The van der Waals surface area contributed by atoms with Crippen LogP contribution in [-0.4, -0.2) is 43.1 Å². The second kappa shape index (κ2) is 5.89. The number of rotatable bonds is 5. The van der Waals surface area contributed by atoms with Gasteiger partial charge in [0.2, 0.25) is 0 Å². The lowest BCUT2D eigenvalue weighted by Crippen LogP contribution is -2.37. The zero-order valence-corrected chi connectivity index (χ0v) is 10.4. The lowest BCUT2D eigenvalue weighted by molar-refractivity contribution is 0.344. The van der Waals surface area contributed by atoms with Crippen molar-refractivity contribution < 1.29 is 0 Å². The van der Waals surface area contributed by atoms with Crippen LogP contribution in [0.3, 0.4) is 0 Å². The van der Waals surface area contributed by atoms with Crippen LogP contribution in [-0.2, 0) is 0 Å². The Balaban J connectivity index is 3.43. The third-order valence-corrected chi connectivity index (χ3v) is 3.16. The second-order valence-corrected chi connectivity index (χ2v) is 6.00. The van der Waals surface area contributed by atoms with Gasteiger partial charge in [0.25, 0.3) is 0 Å². The maximum Gasteiger partial charge on any atom is 0.0179 e. The van der Waals surface area contributed by atoms with Crippen LogP contribution in [0.15, 0.2) is 0 Å². The van der Waals surface area contributed by atoms with Gasteiger partial charge in [-0.15, -0.1) is 0 Å². The SMILES string of the molecule is CN(C)CCSCC(N)C(C)(C)C. The molecule has 0 heterocycles. The summed E-state index contributed by atoms with van der Waals surface area (Å²) in [5.74, 6) is 2.24. The van der Waals surface area contributed by atoms with E-state index in [4.69, 9.17) is 5.73 Å². The molecule has 0 aliphatic carbocycles. The Labute approximate surface area is 87.2 Å². The quantitative estimate of drug-likeness (QED) is 0.691. The molecule has 2 nitrogen and oxygen atoms in total. The van der Waals surface area contributed by atoms with Crippen LogP contribution in [0.5, 0.6) is 0 Å². The van der Waals surface area contributed by atoms with Crippen LogP contribution in [0.4, 0.5) is 0 Å². The fourth-order valence-corrected chi connectivity index (χ4v) is 2.12. The minimum absolute atomic E-state index is 0.241. The van der Waals surface area contributed by atoms with Gasteiger partial charge in [0.05, 0.1) is 0 Å². The highest BCUT2D eigenvalue weighted by molar-refractivity contribution is 7.99. The molecule has 3 heteroatoms. The monoisotopic (exact) mass is 204 g/mol. The summed E-state index contributed by atoms with van der Waals surface area (Å²) in [7, 11) is 4.20. The number of nitrogens with zero attached hydrogens (tertiary/aromatic N) is 1. The highest BCUT2D eigenvalue weighted by Gasteiger charge is 2.19. The molecule has 0 aromatic rings. The summed E-state index contributed by atoms with van der Waals surface area (Å²) >= 11 is 1.95. The molecule has 0 saturated carbocycles. The molecule has 0 amide bonds. The van der Waals surface area contributed by atoms with Crippen LogP contribution >= 0.6 is 11.8 Å². The van der Waals surface area contributed by atoms with Crippen molar-refractivity contribution in [3.05, 3.63) is 0 Å². The average molecular weight is 204 g/mol. The molecule has 0 aliphatic heterocycles. The van der Waals surface area contributed by atoms with Gasteiger partial charge in [-0.05, 0) is 19.5 Å². The van der Waals surface area contributed by atoms with Gasteiger partial charge in [0.15, 0.2) is 0 Å². The molecule has 0 radical (unpaired) electrons. The molecule has 0 rings (SSSR count). The molecule has 0 fully saturated rings. The van der Waals surface area contributed by atoms with E-state index in [1.165, 1.54) is 5.75 Å². The van der Waals surface area contributed by atoms with Gasteiger partial charge >= 0.3 is 0 Å². The lowest BCUT2D eigenvalue weighted by atomic mass is 9.89. The van der Waals surface area contributed by atoms with E-state index in [0.717, 1.165) is 12.3 Å². The first-order valence-electron chi connectivity index (χ1n) is 4.82. The van der Waals surface area contributed by atoms with Gasteiger partial charge in [0.1, 0.15) is 0 Å². The second-order valence-electron chi connectivity index (χ2n) is 4.85. The molecule has 0 aliphatic rings. The van der Waals surface area contributed by atoms with Crippen molar-refractivity contribution >= 4 is 11.8 Å². The van der Waals surface area contributed by atoms with Crippen molar-refractivity contribution in [2.24, 2.45) is 11.1 Å². The zero-order valence-electron chi connectivity index (χ0n) is 9.63. The van der Waals surface area contributed by atoms with E-state index >= 15 is 0 Å². The van der Waals surface area contributed by atoms with Crippen LogP contribution in [0.25, 0.3) is 0 Å². The molecular weight excluding hydrogens is 180 g/mol. The summed E-state index contributed by atoms with van der Waals surface area (Å²) in [5.41, 5.74) is 6.27. The standard InChI is InChI=1S/C10H24N2S/c1-10(2,3)9(11)8-13-7-6-12(4)5/h9H,6-8,11H2,1-5H3. The molecule has 0 aromatic heterocycles. The Bertz CT molecular complexity index is 129. The fraction of sp³-hybridized carbons (Fsp3) is 1.00. The minimum atomic E-state index is 0.241. The number of thioether (sulfide) groups is 1. The Morgan fingerprint density at radius 2 is 1.85 bits per heavy atom. The summed E-state index contributed by atoms with van der Waals surface area (Å²) < 4.78 is 0. The molecule has 1 atom stereocenters. The van der Waals surface area contributed by atoms with Gasteiger partial charge in [-0.2, -0.15) is 11.8 Å². The maximum absolute atomic E-state index is 6.03. The summed E-state index contributed by atoms with van der Waals surface area (Å²) in [5, 5.41) is 0. The van der Waals surface area contributed by atoms with Gasteiger partial charge in [-0.25, -0.2) is 0 Å². The average Bonchev–Trinajstić information content (AvgIpc) is 1.95.